The van der Waals surface area contributed by atoms with Gasteiger partial charge >= 0.3 is 5.97 Å². The smallest absolute Gasteiger partial charge is 0.303 e. The van der Waals surface area contributed by atoms with Crippen molar-refractivity contribution in [3.05, 3.63) is 17.7 Å². The van der Waals surface area contributed by atoms with Gasteiger partial charge in [0.15, 0.2) is 0 Å². The van der Waals surface area contributed by atoms with E-state index in [1.54, 1.807) is 6.33 Å². The van der Waals surface area contributed by atoms with Gasteiger partial charge in [0.2, 0.25) is 0 Å². The molecule has 1 aliphatic carbocycles. The van der Waals surface area contributed by atoms with Crippen LogP contribution in [0.2, 0.25) is 0 Å². The zero-order valence-electron chi connectivity index (χ0n) is 6.58. The van der Waals surface area contributed by atoms with Crippen molar-refractivity contribution in [2.24, 2.45) is 5.92 Å². The van der Waals surface area contributed by atoms with Gasteiger partial charge in [0.1, 0.15) is 0 Å². The van der Waals surface area contributed by atoms with E-state index < -0.39 is 5.97 Å². The first-order valence-corrected chi connectivity index (χ1v) is 3.98. The Morgan fingerprint density at radius 3 is 3.25 bits per heavy atom. The first-order valence-electron chi connectivity index (χ1n) is 3.98. The molecule has 0 radical (unpaired) electrons. The van der Waals surface area contributed by atoms with E-state index in [4.69, 9.17) is 5.11 Å². The van der Waals surface area contributed by atoms with Gasteiger partial charge in [0.25, 0.3) is 0 Å². The van der Waals surface area contributed by atoms with E-state index in [-0.39, 0.29) is 12.3 Å². The summed E-state index contributed by atoms with van der Waals surface area (Å²) in [6.07, 6.45) is 3.57. The van der Waals surface area contributed by atoms with E-state index in [1.165, 1.54) is 0 Å². The van der Waals surface area contributed by atoms with Crippen LogP contribution in [-0.4, -0.2) is 21.0 Å². The molecule has 1 heterocycles. The normalized spacial score (nSPS) is 16.3. The topological polar surface area (TPSA) is 66.0 Å². The van der Waals surface area contributed by atoms with Crippen molar-refractivity contribution in [1.29, 1.82) is 0 Å². The lowest BCUT2D eigenvalue weighted by molar-refractivity contribution is -0.138. The molecule has 1 unspecified atom stereocenters. The number of nitrogens with zero attached hydrogens (tertiary/aromatic N) is 1. The number of carboxylic acid groups (broad SMARTS) is 1. The van der Waals surface area contributed by atoms with E-state index in [2.05, 4.69) is 9.97 Å². The number of hydrogen-bond acceptors (Lipinski definition) is 2. The molecule has 0 saturated heterocycles. The van der Waals surface area contributed by atoms with E-state index in [0.717, 1.165) is 24.2 Å². The van der Waals surface area contributed by atoms with Gasteiger partial charge in [0.05, 0.1) is 12.0 Å². The lowest BCUT2D eigenvalue weighted by Crippen LogP contribution is -2.07. The average molecular weight is 166 g/mol. The molecule has 1 aliphatic rings. The lowest BCUT2D eigenvalue weighted by atomic mass is 10.0. The number of aliphatic carboxylic acids is 1. The third-order valence-electron chi connectivity index (χ3n) is 2.25. The first-order chi connectivity index (χ1) is 5.75. The summed E-state index contributed by atoms with van der Waals surface area (Å²) in [5, 5.41) is 8.56. The number of imidazole rings is 1. The number of H-pyrrole nitrogens is 1. The summed E-state index contributed by atoms with van der Waals surface area (Å²) < 4.78 is 0. The molecule has 2 N–H and O–H groups in total. The zero-order valence-corrected chi connectivity index (χ0v) is 6.58. The van der Waals surface area contributed by atoms with Gasteiger partial charge < -0.3 is 10.1 Å². The Kier molecular flexibility index (Phi) is 1.60. The van der Waals surface area contributed by atoms with Crippen LogP contribution >= 0.6 is 0 Å². The van der Waals surface area contributed by atoms with Gasteiger partial charge in [-0.2, -0.15) is 0 Å². The van der Waals surface area contributed by atoms with E-state index in [1.807, 2.05) is 0 Å². The van der Waals surface area contributed by atoms with Crippen molar-refractivity contribution < 1.29 is 9.90 Å². The highest BCUT2D eigenvalue weighted by Crippen LogP contribution is 2.25. The maximum absolute atomic E-state index is 10.4. The standard InChI is InChI=1S/C8H10N2O2/c11-8(12)3-5-1-6-7(2-5)10-4-9-6/h4-5H,1-3H2,(H,9,10)(H,11,12). The van der Waals surface area contributed by atoms with Gasteiger partial charge in [-0.05, 0) is 18.8 Å². The SMILES string of the molecule is O=C(O)CC1Cc2nc[nH]c2C1. The Hall–Kier alpha value is -1.32. The van der Waals surface area contributed by atoms with Crippen molar-refractivity contribution in [2.75, 3.05) is 0 Å². The largest absolute Gasteiger partial charge is 0.481 e. The van der Waals surface area contributed by atoms with Crippen LogP contribution in [0.5, 0.6) is 0 Å². The Morgan fingerprint density at radius 2 is 2.58 bits per heavy atom. The number of carbonyl (C=O) groups is 1. The van der Waals surface area contributed by atoms with Crippen LogP contribution in [0.15, 0.2) is 6.33 Å². The molecule has 0 aromatic carbocycles. The highest BCUT2D eigenvalue weighted by molar-refractivity contribution is 5.67. The summed E-state index contributed by atoms with van der Waals surface area (Å²) in [6.45, 7) is 0. The second kappa shape index (κ2) is 2.62. The summed E-state index contributed by atoms with van der Waals surface area (Å²) in [4.78, 5) is 17.5. The summed E-state index contributed by atoms with van der Waals surface area (Å²) in [7, 11) is 0. The van der Waals surface area contributed by atoms with Crippen molar-refractivity contribution in [1.82, 2.24) is 9.97 Å². The molecule has 1 atom stereocenters. The first kappa shape index (κ1) is 7.34. The molecule has 0 bridgehead atoms. The number of hydrogen-bond donors (Lipinski definition) is 2. The Balaban J connectivity index is 2.03. The molecule has 1 aromatic rings. The minimum atomic E-state index is -0.717. The second-order valence-electron chi connectivity index (χ2n) is 3.20. The van der Waals surface area contributed by atoms with Crippen molar-refractivity contribution in [2.45, 2.75) is 19.3 Å². The highest BCUT2D eigenvalue weighted by atomic mass is 16.4. The number of aromatic amines is 1. The molecule has 4 nitrogen and oxygen atoms in total. The van der Waals surface area contributed by atoms with Crippen LogP contribution < -0.4 is 0 Å². The monoisotopic (exact) mass is 166 g/mol. The quantitative estimate of drug-likeness (QED) is 0.676. The van der Waals surface area contributed by atoms with Crippen molar-refractivity contribution in [3.63, 3.8) is 0 Å². The van der Waals surface area contributed by atoms with Crippen LogP contribution in [0.1, 0.15) is 17.8 Å². The van der Waals surface area contributed by atoms with E-state index >= 15 is 0 Å². The van der Waals surface area contributed by atoms with Gasteiger partial charge in [-0.25, -0.2) is 4.98 Å². The third kappa shape index (κ3) is 1.20. The number of carboxylic acids is 1. The van der Waals surface area contributed by atoms with Crippen LogP contribution in [0.4, 0.5) is 0 Å². The van der Waals surface area contributed by atoms with Crippen molar-refractivity contribution in [3.8, 4) is 0 Å². The Labute approximate surface area is 69.6 Å². The number of rotatable bonds is 2. The molecular formula is C8H10N2O2. The fraction of sp³-hybridized carbons (Fsp3) is 0.500. The Morgan fingerprint density at radius 1 is 1.75 bits per heavy atom. The summed E-state index contributed by atoms with van der Waals surface area (Å²) in [6, 6.07) is 0. The maximum atomic E-state index is 10.4. The number of fused-ring (bicyclic) bond motifs is 1. The van der Waals surface area contributed by atoms with Crippen LogP contribution in [0.25, 0.3) is 0 Å². The van der Waals surface area contributed by atoms with Crippen LogP contribution in [0.3, 0.4) is 0 Å². The summed E-state index contributed by atoms with van der Waals surface area (Å²) in [5.41, 5.74) is 2.16. The van der Waals surface area contributed by atoms with Gasteiger partial charge in [0, 0.05) is 12.1 Å². The molecule has 64 valence electrons. The number of aromatic nitrogens is 2. The van der Waals surface area contributed by atoms with Gasteiger partial charge in [-0.3, -0.25) is 4.79 Å². The molecule has 4 heteroatoms. The molecule has 0 spiro atoms. The number of nitrogens with one attached hydrogen (secondary N) is 1. The minimum absolute atomic E-state index is 0.248. The lowest BCUT2D eigenvalue weighted by Gasteiger charge is -2.02. The maximum Gasteiger partial charge on any atom is 0.303 e. The summed E-state index contributed by atoms with van der Waals surface area (Å²) >= 11 is 0. The second-order valence-corrected chi connectivity index (χ2v) is 3.20. The van der Waals surface area contributed by atoms with Gasteiger partial charge in [-0.15, -0.1) is 0 Å². The molecule has 2 rings (SSSR count). The molecular weight excluding hydrogens is 156 g/mol. The molecule has 0 saturated carbocycles. The Bertz CT molecular complexity index is 285. The zero-order chi connectivity index (χ0) is 8.55. The molecule has 0 fully saturated rings. The third-order valence-corrected chi connectivity index (χ3v) is 2.25. The fourth-order valence-corrected chi connectivity index (χ4v) is 1.73. The highest BCUT2D eigenvalue weighted by Gasteiger charge is 2.25. The minimum Gasteiger partial charge on any atom is -0.481 e. The van der Waals surface area contributed by atoms with Crippen LogP contribution in [0, 0.1) is 5.92 Å². The van der Waals surface area contributed by atoms with Crippen molar-refractivity contribution >= 4 is 5.97 Å². The summed E-state index contributed by atoms with van der Waals surface area (Å²) in [5.74, 6) is -0.470. The predicted molar refractivity (Wildman–Crippen MR) is 41.7 cm³/mol. The molecule has 1 aromatic heterocycles. The predicted octanol–water partition coefficient (Wildman–Crippen LogP) is 0.599. The van der Waals surface area contributed by atoms with E-state index in [0.29, 0.717) is 0 Å². The van der Waals surface area contributed by atoms with E-state index in [9.17, 15) is 4.79 Å². The molecule has 0 amide bonds. The van der Waals surface area contributed by atoms with Crippen LogP contribution in [-0.2, 0) is 17.6 Å². The molecule has 12 heavy (non-hydrogen) atoms. The fourth-order valence-electron chi connectivity index (χ4n) is 1.73. The van der Waals surface area contributed by atoms with Gasteiger partial charge in [-0.1, -0.05) is 0 Å². The average Bonchev–Trinajstić information content (AvgIpc) is 2.43. The molecule has 0 aliphatic heterocycles.